The lowest BCUT2D eigenvalue weighted by Crippen LogP contribution is -2.05. The number of hydrogen-bond acceptors (Lipinski definition) is 2. The Balaban J connectivity index is 1.24. The van der Waals surface area contributed by atoms with Gasteiger partial charge in [-0.15, -0.1) is 0 Å². The van der Waals surface area contributed by atoms with Crippen molar-refractivity contribution in [1.29, 1.82) is 0 Å². The summed E-state index contributed by atoms with van der Waals surface area (Å²) in [6, 6.07) is 45.2. The summed E-state index contributed by atoms with van der Waals surface area (Å²) in [5, 5.41) is 5.06. The zero-order valence-electron chi connectivity index (χ0n) is 30.8. The number of nitrogens with two attached hydrogens (primary N) is 1. The molecule has 6 aromatic carbocycles. The quantitative estimate of drug-likeness (QED) is 0.182. The van der Waals surface area contributed by atoms with Crippen LogP contribution in [0.4, 0.5) is 0 Å². The van der Waals surface area contributed by atoms with Crippen LogP contribution in [0.2, 0.25) is 0 Å². The maximum atomic E-state index is 6.05. The van der Waals surface area contributed by atoms with Crippen LogP contribution in [0.3, 0.4) is 0 Å². The Labute approximate surface area is 315 Å². The fourth-order valence-corrected chi connectivity index (χ4v) is 8.98. The van der Waals surface area contributed by atoms with E-state index in [1.165, 1.54) is 99.2 Å². The van der Waals surface area contributed by atoms with Crippen molar-refractivity contribution in [3.05, 3.63) is 174 Å². The van der Waals surface area contributed by atoms with E-state index in [0.717, 1.165) is 24.2 Å². The van der Waals surface area contributed by atoms with Crippen molar-refractivity contribution in [2.24, 2.45) is 5.73 Å². The van der Waals surface area contributed by atoms with Crippen molar-refractivity contribution in [1.82, 2.24) is 14.1 Å². The van der Waals surface area contributed by atoms with Gasteiger partial charge in [0.05, 0.1) is 22.1 Å². The monoisotopic (exact) mass is 696 g/mol. The largest absolute Gasteiger partial charge is 0.405 e. The summed E-state index contributed by atoms with van der Waals surface area (Å²) >= 11 is 0. The molecule has 54 heavy (non-hydrogen) atoms. The van der Waals surface area contributed by atoms with Gasteiger partial charge in [0, 0.05) is 45.3 Å². The van der Waals surface area contributed by atoms with Crippen molar-refractivity contribution in [3.8, 4) is 39.1 Å². The summed E-state index contributed by atoms with van der Waals surface area (Å²) in [5.41, 5.74) is 25.9. The summed E-state index contributed by atoms with van der Waals surface area (Å²) < 4.78 is 4.79. The van der Waals surface area contributed by atoms with E-state index in [1.54, 1.807) is 6.20 Å². The summed E-state index contributed by atoms with van der Waals surface area (Å²) in [6.45, 7) is 6.47. The lowest BCUT2D eigenvalue weighted by molar-refractivity contribution is 0.946. The van der Waals surface area contributed by atoms with Gasteiger partial charge in [0.2, 0.25) is 0 Å². The van der Waals surface area contributed by atoms with E-state index in [0.29, 0.717) is 0 Å². The molecule has 0 spiro atoms. The van der Waals surface area contributed by atoms with Gasteiger partial charge in [-0.25, -0.2) is 0 Å². The maximum Gasteiger partial charge on any atom is 0.0547 e. The molecule has 10 rings (SSSR count). The molecule has 3 heterocycles. The van der Waals surface area contributed by atoms with Crippen LogP contribution < -0.4 is 5.73 Å². The number of pyridine rings is 1. The van der Waals surface area contributed by atoms with Crippen LogP contribution in [-0.2, 0) is 12.8 Å². The van der Waals surface area contributed by atoms with Gasteiger partial charge in [0.1, 0.15) is 0 Å². The van der Waals surface area contributed by atoms with Crippen molar-refractivity contribution >= 4 is 49.3 Å². The summed E-state index contributed by atoms with van der Waals surface area (Å²) in [6.07, 6.45) is 11.5. The summed E-state index contributed by atoms with van der Waals surface area (Å²) in [4.78, 5) is 4.36. The third-order valence-corrected chi connectivity index (χ3v) is 11.6. The molecular formula is C50H40N4. The lowest BCUT2D eigenvalue weighted by Gasteiger charge is -2.21. The lowest BCUT2D eigenvalue weighted by atomic mass is 9.84. The molecule has 0 atom stereocenters. The molecule has 1 aliphatic carbocycles. The molecule has 0 amide bonds. The molecule has 4 heteroatoms. The number of fused-ring (bicyclic) bond motifs is 9. The minimum Gasteiger partial charge on any atom is -0.405 e. The molecular weight excluding hydrogens is 657 g/mol. The first-order chi connectivity index (χ1) is 26.5. The SMILES string of the molecule is C/C=C(\C=C/N)n1c2ccc(-c3ccccc3C)cc2c2cc3c(cc21)-c1cc2c(cc1CC3)c1cc(-c3ccccc3C)ccc1n2-c1ccncc1. The zero-order valence-corrected chi connectivity index (χ0v) is 30.8. The number of allylic oxidation sites excluding steroid dienone is 3. The summed E-state index contributed by atoms with van der Waals surface area (Å²) in [5.74, 6) is 0. The minimum absolute atomic E-state index is 0.991. The zero-order chi connectivity index (χ0) is 36.5. The highest BCUT2D eigenvalue weighted by Crippen LogP contribution is 2.45. The number of rotatable bonds is 5. The van der Waals surface area contributed by atoms with Crippen LogP contribution in [0.5, 0.6) is 0 Å². The maximum absolute atomic E-state index is 6.05. The van der Waals surface area contributed by atoms with Crippen LogP contribution in [-0.4, -0.2) is 14.1 Å². The Morgan fingerprint density at radius 1 is 0.574 bits per heavy atom. The van der Waals surface area contributed by atoms with Crippen molar-refractivity contribution in [2.75, 3.05) is 0 Å². The Morgan fingerprint density at radius 3 is 1.70 bits per heavy atom. The van der Waals surface area contributed by atoms with Crippen LogP contribution in [0.15, 0.2) is 152 Å². The predicted molar refractivity (Wildman–Crippen MR) is 228 cm³/mol. The standard InChI is InChI=1S/C50H40N4/c1-4-37(19-22-51)53-47-17-15-33(39-11-7-5-9-31(39)2)25-43(47)45-27-35-13-14-36-28-46-44-26-34(40-12-8-6-10-32(40)3)16-18-48(44)54(38-20-23-52-24-21-38)50(46)30-42(36)41(35)29-49(45)53/h4-12,15-30H,13-14,51H2,1-3H3/b22-19-,37-4+. The second-order valence-electron chi connectivity index (χ2n) is 14.6. The molecule has 1 aliphatic rings. The molecule has 0 saturated carbocycles. The topological polar surface area (TPSA) is 48.8 Å². The van der Waals surface area contributed by atoms with E-state index < -0.39 is 0 Å². The van der Waals surface area contributed by atoms with Crippen LogP contribution in [0.1, 0.15) is 29.2 Å². The van der Waals surface area contributed by atoms with Gasteiger partial charge in [0.25, 0.3) is 0 Å². The molecule has 4 nitrogen and oxygen atoms in total. The van der Waals surface area contributed by atoms with Crippen LogP contribution >= 0.6 is 0 Å². The average Bonchev–Trinajstić information content (AvgIpc) is 3.69. The first-order valence-corrected chi connectivity index (χ1v) is 18.8. The van der Waals surface area contributed by atoms with Crippen molar-refractivity contribution in [2.45, 2.75) is 33.6 Å². The fourth-order valence-electron chi connectivity index (χ4n) is 8.98. The van der Waals surface area contributed by atoms with Gasteiger partial charge in [-0.05, 0) is 162 Å². The highest BCUT2D eigenvalue weighted by molar-refractivity contribution is 6.15. The third kappa shape index (κ3) is 4.87. The normalized spacial score (nSPS) is 13.1. The number of aryl methyl sites for hydroxylation is 4. The molecule has 0 fully saturated rings. The first kappa shape index (κ1) is 32.0. The molecule has 0 unspecified atom stereocenters. The van der Waals surface area contributed by atoms with E-state index in [9.17, 15) is 0 Å². The number of hydrogen-bond donors (Lipinski definition) is 1. The average molecular weight is 697 g/mol. The van der Waals surface area contributed by atoms with Gasteiger partial charge in [-0.2, -0.15) is 0 Å². The first-order valence-electron chi connectivity index (χ1n) is 18.8. The van der Waals surface area contributed by atoms with Gasteiger partial charge in [0.15, 0.2) is 0 Å². The van der Waals surface area contributed by atoms with E-state index in [1.807, 2.05) is 18.5 Å². The fraction of sp³-hybridized carbons (Fsp3) is 0.100. The number of aromatic nitrogens is 3. The minimum atomic E-state index is 0.991. The highest BCUT2D eigenvalue weighted by atomic mass is 15.0. The second kappa shape index (κ2) is 12.5. The van der Waals surface area contributed by atoms with E-state index in [4.69, 9.17) is 5.73 Å². The van der Waals surface area contributed by atoms with Gasteiger partial charge < -0.3 is 14.9 Å². The van der Waals surface area contributed by atoms with E-state index >= 15 is 0 Å². The molecule has 0 radical (unpaired) electrons. The van der Waals surface area contributed by atoms with E-state index in [-0.39, 0.29) is 0 Å². The molecule has 9 aromatic rings. The molecule has 2 N–H and O–H groups in total. The van der Waals surface area contributed by atoms with Crippen molar-refractivity contribution in [3.63, 3.8) is 0 Å². The van der Waals surface area contributed by atoms with Crippen LogP contribution in [0, 0.1) is 13.8 Å². The van der Waals surface area contributed by atoms with E-state index in [2.05, 4.69) is 162 Å². The third-order valence-electron chi connectivity index (χ3n) is 11.6. The Kier molecular flexibility index (Phi) is 7.41. The molecule has 0 aliphatic heterocycles. The molecule has 260 valence electrons. The van der Waals surface area contributed by atoms with Gasteiger partial charge >= 0.3 is 0 Å². The second-order valence-corrected chi connectivity index (χ2v) is 14.6. The van der Waals surface area contributed by atoms with Crippen molar-refractivity contribution < 1.29 is 0 Å². The number of nitrogens with zero attached hydrogens (tertiary/aromatic N) is 3. The van der Waals surface area contributed by atoms with Gasteiger partial charge in [-0.3, -0.25) is 4.98 Å². The Bertz CT molecular complexity index is 3030. The van der Waals surface area contributed by atoms with Gasteiger partial charge in [-0.1, -0.05) is 66.7 Å². The molecule has 0 saturated heterocycles. The Morgan fingerprint density at radius 2 is 1.11 bits per heavy atom. The molecule has 3 aromatic heterocycles. The summed E-state index contributed by atoms with van der Waals surface area (Å²) in [7, 11) is 0. The van der Waals surface area contributed by atoms with Crippen LogP contribution in [0.25, 0.3) is 88.4 Å². The smallest absolute Gasteiger partial charge is 0.0547 e. The Hall–Kier alpha value is -6.65. The highest BCUT2D eigenvalue weighted by Gasteiger charge is 2.24. The number of benzene rings is 6. The predicted octanol–water partition coefficient (Wildman–Crippen LogP) is 12.3. The molecule has 0 bridgehead atoms.